The van der Waals surface area contributed by atoms with Crippen molar-refractivity contribution in [3.05, 3.63) is 22.7 Å². The molecule has 0 fully saturated rings. The molecule has 0 bridgehead atoms. The zero-order valence-corrected chi connectivity index (χ0v) is 12.3. The van der Waals surface area contributed by atoms with Crippen LogP contribution in [0.5, 0.6) is 5.75 Å². The third kappa shape index (κ3) is 4.14. The molecule has 0 saturated heterocycles. The quantitative estimate of drug-likeness (QED) is 0.843. The number of carbonyl (C=O) groups excluding carboxylic acids is 1. The van der Waals surface area contributed by atoms with E-state index in [1.165, 1.54) is 0 Å². The van der Waals surface area contributed by atoms with Crippen molar-refractivity contribution in [2.24, 2.45) is 0 Å². The molecule has 1 N–H and O–H groups in total. The summed E-state index contributed by atoms with van der Waals surface area (Å²) in [6, 6.07) is 5.46. The highest BCUT2D eigenvalue weighted by Crippen LogP contribution is 2.29. The van der Waals surface area contributed by atoms with Gasteiger partial charge < -0.3 is 10.1 Å². The fraction of sp³-hybridized carbons (Fsp3) is 0.364. The first-order chi connectivity index (χ1) is 7.52. The lowest BCUT2D eigenvalue weighted by atomic mass is 10.3. The van der Waals surface area contributed by atoms with Gasteiger partial charge in [-0.3, -0.25) is 4.79 Å². The van der Waals surface area contributed by atoms with E-state index in [0.29, 0.717) is 0 Å². The fourth-order valence-electron chi connectivity index (χ4n) is 1.12. The van der Waals surface area contributed by atoms with Gasteiger partial charge in [-0.05, 0) is 41.9 Å². The van der Waals surface area contributed by atoms with Crippen molar-refractivity contribution in [3.8, 4) is 5.75 Å². The SMILES string of the molecule is CC(C)Oc1cc(NC(=O)CBr)ccc1Br. The van der Waals surface area contributed by atoms with E-state index in [4.69, 9.17) is 4.74 Å². The van der Waals surface area contributed by atoms with E-state index < -0.39 is 0 Å². The Bertz CT molecular complexity index is 380. The first kappa shape index (κ1) is 13.5. The molecule has 0 spiro atoms. The Hall–Kier alpha value is -0.550. The summed E-state index contributed by atoms with van der Waals surface area (Å²) in [6.45, 7) is 3.91. The number of alkyl halides is 1. The summed E-state index contributed by atoms with van der Waals surface area (Å²) in [4.78, 5) is 11.2. The second kappa shape index (κ2) is 6.25. The molecule has 0 unspecified atom stereocenters. The maximum Gasteiger partial charge on any atom is 0.235 e. The Labute approximate surface area is 112 Å². The van der Waals surface area contributed by atoms with Crippen molar-refractivity contribution >= 4 is 43.5 Å². The van der Waals surface area contributed by atoms with Gasteiger partial charge in [0.25, 0.3) is 0 Å². The van der Waals surface area contributed by atoms with Crippen LogP contribution in [0.3, 0.4) is 0 Å². The van der Waals surface area contributed by atoms with E-state index >= 15 is 0 Å². The van der Waals surface area contributed by atoms with Crippen molar-refractivity contribution in [2.75, 3.05) is 10.6 Å². The first-order valence-corrected chi connectivity index (χ1v) is 6.76. The lowest BCUT2D eigenvalue weighted by molar-refractivity contribution is -0.113. The van der Waals surface area contributed by atoms with E-state index in [2.05, 4.69) is 37.2 Å². The smallest absolute Gasteiger partial charge is 0.235 e. The van der Waals surface area contributed by atoms with Gasteiger partial charge >= 0.3 is 0 Å². The summed E-state index contributed by atoms with van der Waals surface area (Å²) in [5.74, 6) is 0.639. The average Bonchev–Trinajstić information content (AvgIpc) is 2.22. The molecule has 0 heterocycles. The highest BCUT2D eigenvalue weighted by molar-refractivity contribution is 9.10. The Morgan fingerprint density at radius 2 is 2.19 bits per heavy atom. The van der Waals surface area contributed by atoms with Gasteiger partial charge in [0, 0.05) is 11.8 Å². The van der Waals surface area contributed by atoms with Gasteiger partial charge in [-0.1, -0.05) is 15.9 Å². The van der Waals surface area contributed by atoms with Gasteiger partial charge in [-0.15, -0.1) is 0 Å². The Kier molecular flexibility index (Phi) is 5.28. The molecule has 0 radical (unpaired) electrons. The topological polar surface area (TPSA) is 38.3 Å². The number of hydrogen-bond donors (Lipinski definition) is 1. The van der Waals surface area contributed by atoms with Crippen LogP contribution < -0.4 is 10.1 Å². The molecule has 1 aromatic carbocycles. The summed E-state index contributed by atoms with van der Waals surface area (Å²) in [5.41, 5.74) is 0.725. The van der Waals surface area contributed by atoms with Crippen LogP contribution in [0.1, 0.15) is 13.8 Å². The fourth-order valence-corrected chi connectivity index (χ4v) is 1.60. The van der Waals surface area contributed by atoms with Crippen LogP contribution >= 0.6 is 31.9 Å². The van der Waals surface area contributed by atoms with Gasteiger partial charge in [-0.2, -0.15) is 0 Å². The molecule has 0 aliphatic rings. The lowest BCUT2D eigenvalue weighted by Crippen LogP contribution is -2.12. The van der Waals surface area contributed by atoms with Crippen LogP contribution in [0.2, 0.25) is 0 Å². The minimum absolute atomic E-state index is 0.0854. The highest BCUT2D eigenvalue weighted by Gasteiger charge is 2.06. The second-order valence-corrected chi connectivity index (χ2v) is 4.91. The standard InChI is InChI=1S/C11H13Br2NO2/c1-7(2)16-10-5-8(3-4-9(10)13)14-11(15)6-12/h3-5,7H,6H2,1-2H3,(H,14,15). The van der Waals surface area contributed by atoms with Gasteiger partial charge in [0.15, 0.2) is 0 Å². The van der Waals surface area contributed by atoms with Crippen LogP contribution in [0, 0.1) is 0 Å². The normalized spacial score (nSPS) is 10.3. The zero-order chi connectivity index (χ0) is 12.1. The summed E-state index contributed by atoms with van der Waals surface area (Å²) in [5, 5.41) is 3.03. The van der Waals surface area contributed by atoms with E-state index in [1.807, 2.05) is 26.0 Å². The molecule has 3 nitrogen and oxygen atoms in total. The molecule has 1 rings (SSSR count). The van der Waals surface area contributed by atoms with Gasteiger partial charge in [0.05, 0.1) is 15.9 Å². The van der Waals surface area contributed by atoms with E-state index in [0.717, 1.165) is 15.9 Å². The minimum Gasteiger partial charge on any atom is -0.490 e. The summed E-state index contributed by atoms with van der Waals surface area (Å²) in [7, 11) is 0. The van der Waals surface area contributed by atoms with Crippen molar-refractivity contribution in [3.63, 3.8) is 0 Å². The second-order valence-electron chi connectivity index (χ2n) is 3.49. The van der Waals surface area contributed by atoms with E-state index in [-0.39, 0.29) is 17.3 Å². The summed E-state index contributed by atoms with van der Waals surface area (Å²) in [6.07, 6.45) is 0.0958. The van der Waals surface area contributed by atoms with Crippen molar-refractivity contribution in [1.82, 2.24) is 0 Å². The number of amides is 1. The Morgan fingerprint density at radius 1 is 1.50 bits per heavy atom. The predicted octanol–water partition coefficient (Wildman–Crippen LogP) is 3.57. The van der Waals surface area contributed by atoms with Crippen molar-refractivity contribution < 1.29 is 9.53 Å². The maximum atomic E-state index is 11.2. The molecular weight excluding hydrogens is 338 g/mol. The predicted molar refractivity (Wildman–Crippen MR) is 72.3 cm³/mol. The number of halogens is 2. The van der Waals surface area contributed by atoms with Crippen LogP contribution in [0.25, 0.3) is 0 Å². The van der Waals surface area contributed by atoms with Crippen LogP contribution in [0.4, 0.5) is 5.69 Å². The Balaban J connectivity index is 2.84. The number of anilines is 1. The molecule has 1 amide bonds. The Morgan fingerprint density at radius 3 is 2.75 bits per heavy atom. The molecule has 0 aliphatic heterocycles. The van der Waals surface area contributed by atoms with Crippen LogP contribution in [0.15, 0.2) is 22.7 Å². The first-order valence-electron chi connectivity index (χ1n) is 4.85. The zero-order valence-electron chi connectivity index (χ0n) is 9.09. The minimum atomic E-state index is -0.0854. The molecule has 16 heavy (non-hydrogen) atoms. The molecule has 0 aromatic heterocycles. The third-order valence-corrected chi connectivity index (χ3v) is 2.86. The van der Waals surface area contributed by atoms with Crippen LogP contribution in [-0.2, 0) is 4.79 Å². The molecule has 0 aliphatic carbocycles. The number of nitrogens with one attached hydrogen (secondary N) is 1. The average molecular weight is 351 g/mol. The monoisotopic (exact) mass is 349 g/mol. The van der Waals surface area contributed by atoms with Crippen molar-refractivity contribution in [2.45, 2.75) is 20.0 Å². The molecule has 1 aromatic rings. The maximum absolute atomic E-state index is 11.2. The summed E-state index contributed by atoms with van der Waals surface area (Å²) < 4.78 is 6.46. The largest absolute Gasteiger partial charge is 0.490 e. The molecular formula is C11H13Br2NO2. The number of rotatable bonds is 4. The van der Waals surface area contributed by atoms with Gasteiger partial charge in [-0.25, -0.2) is 0 Å². The van der Waals surface area contributed by atoms with Crippen molar-refractivity contribution in [1.29, 1.82) is 0 Å². The molecule has 5 heteroatoms. The number of carbonyl (C=O) groups is 1. The highest BCUT2D eigenvalue weighted by atomic mass is 79.9. The summed E-state index contributed by atoms with van der Waals surface area (Å²) >= 11 is 6.49. The molecule has 88 valence electrons. The van der Waals surface area contributed by atoms with Gasteiger partial charge in [0.1, 0.15) is 5.75 Å². The van der Waals surface area contributed by atoms with E-state index in [1.54, 1.807) is 6.07 Å². The number of hydrogen-bond acceptors (Lipinski definition) is 2. The van der Waals surface area contributed by atoms with Gasteiger partial charge in [0.2, 0.25) is 5.91 Å². The number of benzene rings is 1. The van der Waals surface area contributed by atoms with Crippen LogP contribution in [-0.4, -0.2) is 17.3 Å². The third-order valence-electron chi connectivity index (χ3n) is 1.70. The lowest BCUT2D eigenvalue weighted by Gasteiger charge is -2.13. The molecule has 0 saturated carbocycles. The number of ether oxygens (including phenoxy) is 1. The molecule has 0 atom stereocenters. The van der Waals surface area contributed by atoms with E-state index in [9.17, 15) is 4.79 Å².